The molecule has 5 N–H and O–H groups in total. The van der Waals surface area contributed by atoms with Gasteiger partial charge in [-0.05, 0) is 116 Å². The van der Waals surface area contributed by atoms with Crippen molar-refractivity contribution >= 4 is 49.5 Å². The highest BCUT2D eigenvalue weighted by atomic mass is 35.5. The molecule has 1 aromatic heterocycles. The first-order valence-corrected chi connectivity index (χ1v) is 25.7. The van der Waals surface area contributed by atoms with Gasteiger partial charge in [-0.1, -0.05) is 25.7 Å². The summed E-state index contributed by atoms with van der Waals surface area (Å²) in [7, 11) is -8.33. The maximum absolute atomic E-state index is 13.7. The minimum Gasteiger partial charge on any atom is -0.351 e. The first kappa shape index (κ1) is 46.8. The van der Waals surface area contributed by atoms with Crippen LogP contribution in [0.25, 0.3) is 0 Å². The lowest BCUT2D eigenvalue weighted by Gasteiger charge is -2.45. The number of carbonyl (C=O) groups is 2. The molecule has 0 aromatic carbocycles. The van der Waals surface area contributed by atoms with Crippen LogP contribution >= 0.6 is 11.6 Å². The summed E-state index contributed by atoms with van der Waals surface area (Å²) < 4.78 is 67.6. The molecule has 2 heterocycles. The van der Waals surface area contributed by atoms with Gasteiger partial charge in [0.25, 0.3) is 20.2 Å². The van der Waals surface area contributed by atoms with Gasteiger partial charge in [0.2, 0.25) is 11.8 Å². The molecule has 7 atom stereocenters. The van der Waals surface area contributed by atoms with E-state index in [1.807, 2.05) is 0 Å². The van der Waals surface area contributed by atoms with Crippen LogP contribution in [0.15, 0.2) is 10.2 Å². The normalized spacial score (nSPS) is 31.2. The Morgan fingerprint density at radius 2 is 1.63 bits per heavy atom. The van der Waals surface area contributed by atoms with Crippen molar-refractivity contribution in [2.75, 3.05) is 18.8 Å². The van der Waals surface area contributed by atoms with Crippen LogP contribution in [-0.4, -0.2) is 112 Å². The number of hydrogen-bond donors (Lipinski definition) is 5. The van der Waals surface area contributed by atoms with Crippen molar-refractivity contribution in [3.05, 3.63) is 11.3 Å². The number of hydrogen-bond acceptors (Lipinski definition) is 12. The Hall–Kier alpha value is -2.73. The van der Waals surface area contributed by atoms with Crippen LogP contribution < -0.4 is 16.0 Å². The maximum Gasteiger partial charge on any atom is 0.267 e. The number of halogens is 1. The molecule has 17 nitrogen and oxygen atoms in total. The van der Waals surface area contributed by atoms with Gasteiger partial charge in [0, 0.05) is 36.2 Å². The molecule has 1 aliphatic heterocycles. The third-order valence-corrected chi connectivity index (χ3v) is 16.1. The minimum absolute atomic E-state index is 0.0547. The first-order chi connectivity index (χ1) is 28.6. The quantitative estimate of drug-likeness (QED) is 0.0621. The minimum atomic E-state index is -4.27. The van der Waals surface area contributed by atoms with E-state index in [1.165, 1.54) is 6.92 Å². The lowest BCUT2D eigenvalue weighted by Crippen LogP contribution is -2.54. The number of nitriles is 1. The Labute approximate surface area is 360 Å². The number of carbonyl (C=O) groups excluding carboxylic acids is 2. The van der Waals surface area contributed by atoms with Gasteiger partial charge in [-0.15, -0.1) is 16.7 Å². The highest BCUT2D eigenvalue weighted by Gasteiger charge is 2.40. The Kier molecular flexibility index (Phi) is 16.4. The van der Waals surface area contributed by atoms with E-state index in [9.17, 15) is 40.8 Å². The maximum atomic E-state index is 13.7. The number of nitrogens with one attached hydrogen (secondary N) is 3. The predicted octanol–water partition coefficient (Wildman–Crippen LogP) is 5.65. The number of alkyl halides is 1. The van der Waals surface area contributed by atoms with Crippen LogP contribution in [0.3, 0.4) is 0 Å². The molecule has 60 heavy (non-hydrogen) atoms. The Balaban J connectivity index is 1.26. The zero-order valence-electron chi connectivity index (χ0n) is 34.8. The number of amides is 2. The van der Waals surface area contributed by atoms with Crippen molar-refractivity contribution < 1.29 is 35.5 Å². The summed E-state index contributed by atoms with van der Waals surface area (Å²) in [6.07, 6.45) is 13.7. The van der Waals surface area contributed by atoms with E-state index < -0.39 is 49.7 Å². The average Bonchev–Trinajstić information content (AvgIpc) is 3.58. The smallest absolute Gasteiger partial charge is 0.267 e. The van der Waals surface area contributed by atoms with E-state index in [0.29, 0.717) is 81.5 Å². The predicted molar refractivity (Wildman–Crippen MR) is 226 cm³/mol. The van der Waals surface area contributed by atoms with E-state index in [1.54, 1.807) is 4.68 Å². The zero-order chi connectivity index (χ0) is 43.0. The molecule has 7 unspecified atom stereocenters. The third kappa shape index (κ3) is 12.5. The van der Waals surface area contributed by atoms with Crippen molar-refractivity contribution in [2.45, 2.75) is 188 Å². The third-order valence-electron chi connectivity index (χ3n) is 13.6. The number of unbranched alkanes of at least 4 members (excludes halogenated alkanes) is 1. The van der Waals surface area contributed by atoms with Crippen LogP contribution in [0.1, 0.15) is 159 Å². The SMILES string of the molecule is CC(=O)NC1CC(N(CCCCS(=O)(=O)O)C2CCC(Cl)CC2)CCC1N=Nc1c(C#N)c(C2CCCCC2)nn1C1NCCCC1NC(=O)C1CCCC(S(=O)(=O)O)C1. The Morgan fingerprint density at radius 1 is 0.900 bits per heavy atom. The topological polar surface area (TPSA) is 249 Å². The lowest BCUT2D eigenvalue weighted by molar-refractivity contribution is -0.127. The highest BCUT2D eigenvalue weighted by molar-refractivity contribution is 7.86. The van der Waals surface area contributed by atoms with Crippen molar-refractivity contribution in [3.63, 3.8) is 0 Å². The molecule has 6 rings (SSSR count). The van der Waals surface area contributed by atoms with Gasteiger partial charge in [0.05, 0.1) is 34.8 Å². The summed E-state index contributed by atoms with van der Waals surface area (Å²) in [5, 5.41) is 34.5. The van der Waals surface area contributed by atoms with Crippen molar-refractivity contribution in [2.24, 2.45) is 16.1 Å². The van der Waals surface area contributed by atoms with Gasteiger partial charge in [-0.3, -0.25) is 28.9 Å². The number of rotatable bonds is 15. The van der Waals surface area contributed by atoms with Crippen LogP contribution in [0, 0.1) is 17.2 Å². The number of nitrogens with zero attached hydrogens (tertiary/aromatic N) is 6. The highest BCUT2D eigenvalue weighted by Crippen LogP contribution is 2.40. The summed E-state index contributed by atoms with van der Waals surface area (Å²) in [5.74, 6) is -0.967. The molecule has 0 radical (unpaired) electrons. The van der Waals surface area contributed by atoms with E-state index in [0.717, 1.165) is 70.6 Å². The molecule has 1 aromatic rings. The molecular formula is C40H64ClN9O8S2. The summed E-state index contributed by atoms with van der Waals surface area (Å²) in [5.41, 5.74) is 1.02. The standard InChI is InChI=1S/C40H64ClN9O8S2/c1-26(51)44-36-24-31(49(21-5-6-22-59(53,54)55)30-16-14-29(41)15-17-30)18-19-34(36)46-47-38-33(25-42)37(27-9-3-2-4-10-27)48-50(38)39-35(13-8-20-43-39)45-40(52)28-11-7-12-32(23-28)60(56,57)58/h27-32,34-36,39,43H,2-24H2,1H3,(H,44,51)(H,45,52)(H,53,54,55)(H,56,57,58). The molecule has 336 valence electrons. The number of azo groups is 1. The lowest BCUT2D eigenvalue weighted by atomic mass is 9.83. The molecule has 2 amide bonds. The monoisotopic (exact) mass is 897 g/mol. The molecule has 4 saturated carbocycles. The van der Waals surface area contributed by atoms with E-state index >= 15 is 0 Å². The Bertz CT molecular complexity index is 1930. The Morgan fingerprint density at radius 3 is 2.32 bits per heavy atom. The first-order valence-electron chi connectivity index (χ1n) is 22.2. The molecule has 1 saturated heterocycles. The van der Waals surface area contributed by atoms with Gasteiger partial charge in [0.1, 0.15) is 17.8 Å². The molecule has 4 aliphatic carbocycles. The van der Waals surface area contributed by atoms with Crippen molar-refractivity contribution in [1.82, 2.24) is 30.6 Å². The zero-order valence-corrected chi connectivity index (χ0v) is 37.1. The average molecular weight is 899 g/mol. The van der Waals surface area contributed by atoms with E-state index in [4.69, 9.17) is 26.9 Å². The fourth-order valence-electron chi connectivity index (χ4n) is 10.5. The summed E-state index contributed by atoms with van der Waals surface area (Å²) in [4.78, 5) is 28.8. The number of piperidine rings is 1. The summed E-state index contributed by atoms with van der Waals surface area (Å²) >= 11 is 6.48. The number of aromatic nitrogens is 2. The second-order valence-electron chi connectivity index (χ2n) is 17.8. The molecular weight excluding hydrogens is 834 g/mol. The largest absolute Gasteiger partial charge is 0.351 e. The summed E-state index contributed by atoms with van der Waals surface area (Å²) in [6, 6.07) is 1.53. The van der Waals surface area contributed by atoms with Gasteiger partial charge in [-0.25, -0.2) is 4.68 Å². The van der Waals surface area contributed by atoms with E-state index in [-0.39, 0.29) is 53.4 Å². The molecule has 5 aliphatic rings. The fraction of sp³-hybridized carbons (Fsp3) is 0.850. The van der Waals surface area contributed by atoms with Crippen LogP contribution in [0.4, 0.5) is 5.82 Å². The fourth-order valence-corrected chi connectivity index (χ4v) is 12.2. The molecule has 20 heteroatoms. The van der Waals surface area contributed by atoms with Crippen LogP contribution in [0.5, 0.6) is 0 Å². The van der Waals surface area contributed by atoms with Crippen LogP contribution in [0.2, 0.25) is 0 Å². The van der Waals surface area contributed by atoms with Crippen LogP contribution in [-0.2, 0) is 29.8 Å². The molecule has 0 bridgehead atoms. The van der Waals surface area contributed by atoms with E-state index in [2.05, 4.69) is 26.9 Å². The molecule has 5 fully saturated rings. The van der Waals surface area contributed by atoms with Gasteiger partial charge in [0.15, 0.2) is 5.82 Å². The van der Waals surface area contributed by atoms with Crippen molar-refractivity contribution in [3.8, 4) is 6.07 Å². The summed E-state index contributed by atoms with van der Waals surface area (Å²) in [6.45, 7) is 2.76. The van der Waals surface area contributed by atoms with Gasteiger partial charge >= 0.3 is 0 Å². The molecule has 0 spiro atoms. The van der Waals surface area contributed by atoms with Gasteiger partial charge < -0.3 is 10.6 Å². The second kappa shape index (κ2) is 21.1. The second-order valence-corrected chi connectivity index (χ2v) is 21.7. The van der Waals surface area contributed by atoms with Gasteiger partial charge in [-0.2, -0.15) is 32.3 Å². The van der Waals surface area contributed by atoms with Crippen molar-refractivity contribution in [1.29, 1.82) is 5.26 Å².